The maximum absolute atomic E-state index is 12.2. The zero-order valence-electron chi connectivity index (χ0n) is 13.4. The topological polar surface area (TPSA) is 29.1 Å². The van der Waals surface area contributed by atoms with Gasteiger partial charge in [0.2, 0.25) is 5.91 Å². The van der Waals surface area contributed by atoms with Crippen LogP contribution in [0.4, 0.5) is 0 Å². The van der Waals surface area contributed by atoms with Crippen LogP contribution >= 0.6 is 23.2 Å². The Balaban J connectivity index is 1.92. The standard InChI is InChI=1S/C19H21Cl2NO/c1-3-18(15-8-4-13(2)5-9-15)22-19(23)11-7-14-6-10-16(20)17(21)12-14/h4-6,8-10,12,18H,3,7,11H2,1-2H3,(H,22,23)/t18-/m1/s1. The summed E-state index contributed by atoms with van der Waals surface area (Å²) in [7, 11) is 0. The lowest BCUT2D eigenvalue weighted by molar-refractivity contribution is -0.121. The molecule has 0 radical (unpaired) electrons. The molecule has 0 bridgehead atoms. The summed E-state index contributed by atoms with van der Waals surface area (Å²) in [5, 5.41) is 4.16. The Morgan fingerprint density at radius 2 is 1.78 bits per heavy atom. The lowest BCUT2D eigenvalue weighted by Crippen LogP contribution is -2.28. The first-order valence-corrected chi connectivity index (χ1v) is 8.55. The summed E-state index contributed by atoms with van der Waals surface area (Å²) in [6, 6.07) is 13.8. The second-order valence-corrected chi connectivity index (χ2v) is 6.50. The van der Waals surface area contributed by atoms with Crippen LogP contribution in [0.2, 0.25) is 10.0 Å². The Morgan fingerprint density at radius 1 is 1.09 bits per heavy atom. The number of carbonyl (C=O) groups is 1. The molecule has 1 N–H and O–H groups in total. The molecule has 1 atom stereocenters. The molecule has 0 aliphatic rings. The van der Waals surface area contributed by atoms with Gasteiger partial charge in [0.1, 0.15) is 0 Å². The van der Waals surface area contributed by atoms with E-state index >= 15 is 0 Å². The van der Waals surface area contributed by atoms with Gasteiger partial charge in [-0.1, -0.05) is 66.0 Å². The van der Waals surface area contributed by atoms with Gasteiger partial charge in [-0.15, -0.1) is 0 Å². The van der Waals surface area contributed by atoms with E-state index in [0.717, 1.165) is 17.5 Å². The molecule has 122 valence electrons. The molecule has 4 heteroatoms. The molecule has 0 unspecified atom stereocenters. The summed E-state index contributed by atoms with van der Waals surface area (Å²) in [5.74, 6) is 0.0449. The third kappa shape index (κ3) is 5.26. The highest BCUT2D eigenvalue weighted by atomic mass is 35.5. The SMILES string of the molecule is CC[C@@H](NC(=O)CCc1ccc(Cl)c(Cl)c1)c1ccc(C)cc1. The molecular formula is C19H21Cl2NO. The Morgan fingerprint density at radius 3 is 2.39 bits per heavy atom. The summed E-state index contributed by atoms with van der Waals surface area (Å²) in [5.41, 5.74) is 3.37. The van der Waals surface area contributed by atoms with Gasteiger partial charge in [0.05, 0.1) is 16.1 Å². The van der Waals surface area contributed by atoms with Crippen molar-refractivity contribution in [2.75, 3.05) is 0 Å². The van der Waals surface area contributed by atoms with Gasteiger partial charge in [-0.05, 0) is 43.0 Å². The number of carbonyl (C=O) groups excluding carboxylic acids is 1. The number of nitrogens with one attached hydrogen (secondary N) is 1. The number of hydrogen-bond acceptors (Lipinski definition) is 1. The molecule has 0 spiro atoms. The van der Waals surface area contributed by atoms with Gasteiger partial charge in [0.25, 0.3) is 0 Å². The molecule has 2 nitrogen and oxygen atoms in total. The van der Waals surface area contributed by atoms with Crippen LogP contribution in [0.3, 0.4) is 0 Å². The molecule has 1 amide bonds. The number of rotatable bonds is 6. The summed E-state index contributed by atoms with van der Waals surface area (Å²) in [6.45, 7) is 4.13. The van der Waals surface area contributed by atoms with Crippen LogP contribution in [0.25, 0.3) is 0 Å². The highest BCUT2D eigenvalue weighted by Crippen LogP contribution is 2.23. The van der Waals surface area contributed by atoms with Crippen molar-refractivity contribution in [3.8, 4) is 0 Å². The van der Waals surface area contributed by atoms with E-state index in [1.54, 1.807) is 6.07 Å². The molecule has 23 heavy (non-hydrogen) atoms. The van der Waals surface area contributed by atoms with Crippen LogP contribution in [-0.2, 0) is 11.2 Å². The van der Waals surface area contributed by atoms with Crippen molar-refractivity contribution in [2.24, 2.45) is 0 Å². The Labute approximate surface area is 147 Å². The van der Waals surface area contributed by atoms with Crippen LogP contribution in [0, 0.1) is 6.92 Å². The molecule has 2 aromatic carbocycles. The third-order valence-corrected chi connectivity index (χ3v) is 4.59. The van der Waals surface area contributed by atoms with Gasteiger partial charge >= 0.3 is 0 Å². The van der Waals surface area contributed by atoms with E-state index < -0.39 is 0 Å². The summed E-state index contributed by atoms with van der Waals surface area (Å²) >= 11 is 11.9. The van der Waals surface area contributed by atoms with Crippen molar-refractivity contribution >= 4 is 29.1 Å². The largest absolute Gasteiger partial charge is 0.349 e. The van der Waals surface area contributed by atoms with Gasteiger partial charge in [-0.2, -0.15) is 0 Å². The lowest BCUT2D eigenvalue weighted by Gasteiger charge is -2.18. The summed E-state index contributed by atoms with van der Waals surface area (Å²) in [4.78, 5) is 12.2. The van der Waals surface area contributed by atoms with Crippen LogP contribution < -0.4 is 5.32 Å². The van der Waals surface area contributed by atoms with Gasteiger partial charge < -0.3 is 5.32 Å². The predicted molar refractivity (Wildman–Crippen MR) is 97.1 cm³/mol. The third-order valence-electron chi connectivity index (χ3n) is 3.85. The number of halogens is 2. The normalized spacial score (nSPS) is 12.0. The van der Waals surface area contributed by atoms with Gasteiger partial charge in [0.15, 0.2) is 0 Å². The van der Waals surface area contributed by atoms with E-state index in [2.05, 4.69) is 43.4 Å². The molecular weight excluding hydrogens is 329 g/mol. The molecule has 0 heterocycles. The fourth-order valence-electron chi connectivity index (χ4n) is 2.44. The van der Waals surface area contributed by atoms with Crippen LogP contribution in [0.5, 0.6) is 0 Å². The minimum Gasteiger partial charge on any atom is -0.349 e. The van der Waals surface area contributed by atoms with Crippen molar-refractivity contribution in [2.45, 2.75) is 39.2 Å². The van der Waals surface area contributed by atoms with Crippen molar-refractivity contribution in [1.29, 1.82) is 0 Å². The molecule has 0 fully saturated rings. The van der Waals surface area contributed by atoms with Gasteiger partial charge in [-0.25, -0.2) is 0 Å². The van der Waals surface area contributed by atoms with E-state index in [1.165, 1.54) is 5.56 Å². The highest BCUT2D eigenvalue weighted by Gasteiger charge is 2.12. The first-order chi connectivity index (χ1) is 11.0. The maximum atomic E-state index is 12.2. The molecule has 2 rings (SSSR count). The summed E-state index contributed by atoms with van der Waals surface area (Å²) in [6.07, 6.45) is 1.94. The second kappa shape index (κ2) is 8.37. The Hall–Kier alpha value is -1.51. The van der Waals surface area contributed by atoms with E-state index in [0.29, 0.717) is 22.9 Å². The van der Waals surface area contributed by atoms with Crippen molar-refractivity contribution in [3.05, 3.63) is 69.2 Å². The van der Waals surface area contributed by atoms with Gasteiger partial charge in [0, 0.05) is 6.42 Å². The molecule has 0 aromatic heterocycles. The molecule has 0 saturated carbocycles. The van der Waals surface area contributed by atoms with E-state index in [9.17, 15) is 4.79 Å². The van der Waals surface area contributed by atoms with E-state index in [-0.39, 0.29) is 11.9 Å². The van der Waals surface area contributed by atoms with Gasteiger partial charge in [-0.3, -0.25) is 4.79 Å². The minimum atomic E-state index is 0.0449. The Kier molecular flexibility index (Phi) is 6.49. The minimum absolute atomic E-state index is 0.0449. The van der Waals surface area contributed by atoms with Crippen LogP contribution in [-0.4, -0.2) is 5.91 Å². The fraction of sp³-hybridized carbons (Fsp3) is 0.316. The molecule has 2 aromatic rings. The lowest BCUT2D eigenvalue weighted by atomic mass is 10.0. The number of aryl methyl sites for hydroxylation is 2. The molecule has 0 saturated heterocycles. The number of benzene rings is 2. The predicted octanol–water partition coefficient (Wildman–Crippen LogP) is 5.50. The van der Waals surface area contributed by atoms with E-state index in [1.807, 2.05) is 12.1 Å². The zero-order chi connectivity index (χ0) is 16.8. The first-order valence-electron chi connectivity index (χ1n) is 7.79. The maximum Gasteiger partial charge on any atom is 0.220 e. The fourth-order valence-corrected chi connectivity index (χ4v) is 2.76. The number of hydrogen-bond donors (Lipinski definition) is 1. The molecule has 0 aliphatic heterocycles. The van der Waals surface area contributed by atoms with Crippen molar-refractivity contribution < 1.29 is 4.79 Å². The second-order valence-electron chi connectivity index (χ2n) is 5.69. The average molecular weight is 350 g/mol. The van der Waals surface area contributed by atoms with Crippen LogP contribution in [0.15, 0.2) is 42.5 Å². The highest BCUT2D eigenvalue weighted by molar-refractivity contribution is 6.42. The number of amides is 1. The average Bonchev–Trinajstić information content (AvgIpc) is 2.54. The van der Waals surface area contributed by atoms with E-state index in [4.69, 9.17) is 23.2 Å². The monoisotopic (exact) mass is 349 g/mol. The first kappa shape index (κ1) is 17.8. The summed E-state index contributed by atoms with van der Waals surface area (Å²) < 4.78 is 0. The smallest absolute Gasteiger partial charge is 0.220 e. The zero-order valence-corrected chi connectivity index (χ0v) is 14.9. The quantitative estimate of drug-likeness (QED) is 0.732. The van der Waals surface area contributed by atoms with Crippen molar-refractivity contribution in [1.82, 2.24) is 5.32 Å². The molecule has 0 aliphatic carbocycles. The van der Waals surface area contributed by atoms with Crippen LogP contribution in [0.1, 0.15) is 42.5 Å². The van der Waals surface area contributed by atoms with Crippen molar-refractivity contribution in [3.63, 3.8) is 0 Å². The Bertz CT molecular complexity index is 668.